The third-order valence-corrected chi connectivity index (χ3v) is 6.33. The van der Waals surface area contributed by atoms with Crippen LogP contribution in [0.5, 0.6) is 0 Å². The van der Waals surface area contributed by atoms with Gasteiger partial charge in [0.15, 0.2) is 5.25 Å². The van der Waals surface area contributed by atoms with Gasteiger partial charge in [-0.25, -0.2) is 8.42 Å². The molecule has 110 valence electrons. The number of sulfonamides is 1. The minimum absolute atomic E-state index is 0.260. The summed E-state index contributed by atoms with van der Waals surface area (Å²) in [5.74, 6) is -1.28. The minimum atomic E-state index is -3.70. The number of piperidine rings is 1. The Balaban J connectivity index is 1.99. The van der Waals surface area contributed by atoms with E-state index < -0.39 is 21.2 Å². The molecule has 0 aromatic heterocycles. The van der Waals surface area contributed by atoms with Gasteiger partial charge in [0, 0.05) is 19.1 Å². The molecule has 2 atom stereocenters. The van der Waals surface area contributed by atoms with Crippen LogP contribution in [0, 0.1) is 0 Å². The Morgan fingerprint density at radius 1 is 1.21 bits per heavy atom. The molecule has 0 aromatic carbocycles. The Labute approximate surface area is 114 Å². The lowest BCUT2D eigenvalue weighted by molar-refractivity contribution is -0.136. The molecule has 2 saturated heterocycles. The Morgan fingerprint density at radius 2 is 1.84 bits per heavy atom. The second kappa shape index (κ2) is 5.76. The molecule has 0 aliphatic carbocycles. The van der Waals surface area contributed by atoms with Crippen molar-refractivity contribution in [1.29, 1.82) is 0 Å². The lowest BCUT2D eigenvalue weighted by Gasteiger charge is -2.32. The molecular weight excluding hydrogens is 268 g/mol. The number of hydrogen-bond acceptors (Lipinski definition) is 4. The fraction of sp³-hybridized carbons (Fsp3) is 0.917. The molecule has 0 radical (unpaired) electrons. The molecule has 2 aliphatic rings. The molecule has 2 unspecified atom stereocenters. The molecule has 2 rings (SSSR count). The standard InChI is InChI=1S/C12H22N2O4S/c1-10(12(15)16)19(17,18)14-8-5-11(9-14)13-6-3-2-4-7-13/h10-11H,2-9H2,1H3,(H,15,16). The predicted molar refractivity (Wildman–Crippen MR) is 71.4 cm³/mol. The lowest BCUT2D eigenvalue weighted by Crippen LogP contribution is -2.44. The van der Waals surface area contributed by atoms with Crippen LogP contribution >= 0.6 is 0 Å². The fourth-order valence-electron chi connectivity index (χ4n) is 2.87. The van der Waals surface area contributed by atoms with Crippen LogP contribution in [0.3, 0.4) is 0 Å². The lowest BCUT2D eigenvalue weighted by atomic mass is 10.1. The Bertz CT molecular complexity index is 431. The number of likely N-dealkylation sites (tertiary alicyclic amines) is 1. The molecule has 0 amide bonds. The van der Waals surface area contributed by atoms with E-state index in [0.29, 0.717) is 13.1 Å². The maximum atomic E-state index is 12.1. The average molecular weight is 290 g/mol. The zero-order valence-electron chi connectivity index (χ0n) is 11.3. The monoisotopic (exact) mass is 290 g/mol. The maximum absolute atomic E-state index is 12.1. The van der Waals surface area contributed by atoms with E-state index in [0.717, 1.165) is 19.5 Å². The number of carboxylic acids is 1. The molecule has 19 heavy (non-hydrogen) atoms. The SMILES string of the molecule is CC(C(=O)O)S(=O)(=O)N1CCC(N2CCCCC2)C1. The number of carbonyl (C=O) groups is 1. The summed E-state index contributed by atoms with van der Waals surface area (Å²) in [5, 5.41) is 7.52. The van der Waals surface area contributed by atoms with Gasteiger partial charge in [-0.2, -0.15) is 4.31 Å². The largest absolute Gasteiger partial charge is 0.480 e. The van der Waals surface area contributed by atoms with Crippen molar-refractivity contribution >= 4 is 16.0 Å². The zero-order chi connectivity index (χ0) is 14.0. The number of rotatable bonds is 4. The normalized spacial score (nSPS) is 28.4. The van der Waals surface area contributed by atoms with E-state index in [1.54, 1.807) is 0 Å². The van der Waals surface area contributed by atoms with Crippen molar-refractivity contribution in [2.45, 2.75) is 43.9 Å². The predicted octanol–water partition coefficient (Wildman–Crippen LogP) is 0.350. The van der Waals surface area contributed by atoms with Crippen LogP contribution in [0.25, 0.3) is 0 Å². The van der Waals surface area contributed by atoms with Crippen LogP contribution < -0.4 is 0 Å². The van der Waals surface area contributed by atoms with Gasteiger partial charge in [-0.1, -0.05) is 6.42 Å². The highest BCUT2D eigenvalue weighted by atomic mass is 32.2. The quantitative estimate of drug-likeness (QED) is 0.808. The van der Waals surface area contributed by atoms with Crippen LogP contribution in [0.15, 0.2) is 0 Å². The molecule has 0 bridgehead atoms. The van der Waals surface area contributed by atoms with Gasteiger partial charge in [0.1, 0.15) is 0 Å². The summed E-state index contributed by atoms with van der Waals surface area (Å²) in [6.07, 6.45) is 4.41. The Morgan fingerprint density at radius 3 is 2.42 bits per heavy atom. The molecule has 1 N–H and O–H groups in total. The summed E-state index contributed by atoms with van der Waals surface area (Å²) >= 11 is 0. The van der Waals surface area contributed by atoms with E-state index in [-0.39, 0.29) is 6.04 Å². The number of hydrogen-bond donors (Lipinski definition) is 1. The maximum Gasteiger partial charge on any atom is 0.323 e. The summed E-state index contributed by atoms with van der Waals surface area (Å²) in [7, 11) is -3.70. The van der Waals surface area contributed by atoms with E-state index in [1.165, 1.54) is 30.5 Å². The Hall–Kier alpha value is -0.660. The molecule has 2 fully saturated rings. The van der Waals surface area contributed by atoms with Crippen LogP contribution in [0.1, 0.15) is 32.6 Å². The van der Waals surface area contributed by atoms with Crippen molar-refractivity contribution in [3.05, 3.63) is 0 Å². The zero-order valence-corrected chi connectivity index (χ0v) is 12.1. The van der Waals surface area contributed by atoms with E-state index in [4.69, 9.17) is 5.11 Å². The van der Waals surface area contributed by atoms with Crippen molar-refractivity contribution < 1.29 is 18.3 Å². The molecule has 0 spiro atoms. The fourth-order valence-corrected chi connectivity index (χ4v) is 4.32. The number of nitrogens with zero attached hydrogens (tertiary/aromatic N) is 2. The van der Waals surface area contributed by atoms with Crippen LogP contribution in [-0.4, -0.2) is 66.2 Å². The first-order valence-electron chi connectivity index (χ1n) is 6.88. The smallest absolute Gasteiger partial charge is 0.323 e. The van der Waals surface area contributed by atoms with E-state index >= 15 is 0 Å². The van der Waals surface area contributed by atoms with Crippen LogP contribution in [0.4, 0.5) is 0 Å². The molecule has 2 aliphatic heterocycles. The molecular formula is C12H22N2O4S. The highest BCUT2D eigenvalue weighted by molar-refractivity contribution is 7.90. The van der Waals surface area contributed by atoms with Crippen molar-refractivity contribution in [3.8, 4) is 0 Å². The van der Waals surface area contributed by atoms with Crippen LogP contribution in [-0.2, 0) is 14.8 Å². The minimum Gasteiger partial charge on any atom is -0.480 e. The molecule has 7 heteroatoms. The first-order chi connectivity index (χ1) is 8.93. The summed E-state index contributed by atoms with van der Waals surface area (Å²) in [6, 6.07) is 0.260. The Kier molecular flexibility index (Phi) is 4.47. The van der Waals surface area contributed by atoms with Gasteiger partial charge in [0.05, 0.1) is 0 Å². The van der Waals surface area contributed by atoms with Crippen molar-refractivity contribution in [2.75, 3.05) is 26.2 Å². The van der Waals surface area contributed by atoms with Crippen molar-refractivity contribution in [2.24, 2.45) is 0 Å². The van der Waals surface area contributed by atoms with Gasteiger partial charge in [-0.05, 0) is 39.3 Å². The summed E-state index contributed by atoms with van der Waals surface area (Å²) < 4.78 is 25.6. The van der Waals surface area contributed by atoms with Gasteiger partial charge in [0.2, 0.25) is 10.0 Å². The van der Waals surface area contributed by atoms with E-state index in [9.17, 15) is 13.2 Å². The molecule has 6 nitrogen and oxygen atoms in total. The van der Waals surface area contributed by atoms with E-state index in [2.05, 4.69) is 4.90 Å². The van der Waals surface area contributed by atoms with Gasteiger partial charge < -0.3 is 5.11 Å². The van der Waals surface area contributed by atoms with E-state index in [1.807, 2.05) is 0 Å². The third kappa shape index (κ3) is 3.09. The summed E-state index contributed by atoms with van der Waals surface area (Å²) in [4.78, 5) is 13.2. The highest BCUT2D eigenvalue weighted by Crippen LogP contribution is 2.23. The average Bonchev–Trinajstić information content (AvgIpc) is 2.89. The van der Waals surface area contributed by atoms with Gasteiger partial charge >= 0.3 is 5.97 Å². The first-order valence-corrected chi connectivity index (χ1v) is 8.39. The highest BCUT2D eigenvalue weighted by Gasteiger charge is 2.39. The third-order valence-electron chi connectivity index (χ3n) is 4.19. The topological polar surface area (TPSA) is 77.9 Å². The summed E-state index contributed by atoms with van der Waals surface area (Å²) in [5.41, 5.74) is 0. The molecule has 2 heterocycles. The number of aliphatic carboxylic acids is 1. The van der Waals surface area contributed by atoms with Crippen LogP contribution in [0.2, 0.25) is 0 Å². The number of carboxylic acid groups (broad SMARTS) is 1. The molecule has 0 aromatic rings. The second-order valence-electron chi connectivity index (χ2n) is 5.42. The van der Waals surface area contributed by atoms with Gasteiger partial charge in [-0.3, -0.25) is 9.69 Å². The van der Waals surface area contributed by atoms with Gasteiger partial charge in [-0.15, -0.1) is 0 Å². The van der Waals surface area contributed by atoms with Crippen molar-refractivity contribution in [1.82, 2.24) is 9.21 Å². The molecule has 0 saturated carbocycles. The second-order valence-corrected chi connectivity index (χ2v) is 7.68. The summed E-state index contributed by atoms with van der Waals surface area (Å²) in [6.45, 7) is 4.20. The first kappa shape index (κ1) is 14.7. The van der Waals surface area contributed by atoms with Crippen molar-refractivity contribution in [3.63, 3.8) is 0 Å². The van der Waals surface area contributed by atoms with Gasteiger partial charge in [0.25, 0.3) is 0 Å².